The second kappa shape index (κ2) is 17.0. The Morgan fingerprint density at radius 2 is 1.63 bits per heavy atom. The van der Waals surface area contributed by atoms with Crippen LogP contribution >= 0.6 is 0 Å². The van der Waals surface area contributed by atoms with Gasteiger partial charge in [0, 0.05) is 25.6 Å². The van der Waals surface area contributed by atoms with Crippen molar-refractivity contribution in [1.29, 1.82) is 0 Å². The van der Waals surface area contributed by atoms with Gasteiger partial charge in [-0.3, -0.25) is 0 Å². The van der Waals surface area contributed by atoms with Gasteiger partial charge in [0.05, 0.1) is 24.7 Å². The molecule has 0 amide bonds. The van der Waals surface area contributed by atoms with Gasteiger partial charge in [-0.05, 0) is 74.2 Å². The topological polar surface area (TPSA) is 102 Å². The molecule has 7 heteroatoms. The van der Waals surface area contributed by atoms with Crippen molar-refractivity contribution >= 4 is 5.97 Å². The first-order valence-corrected chi connectivity index (χ1v) is 15.0. The minimum absolute atomic E-state index is 0.0110. The number of hydrogen-bond acceptors (Lipinski definition) is 7. The van der Waals surface area contributed by atoms with E-state index in [-0.39, 0.29) is 31.3 Å². The lowest BCUT2D eigenvalue weighted by atomic mass is 9.68. The highest BCUT2D eigenvalue weighted by molar-refractivity contribution is 5.87. The molecule has 1 aromatic heterocycles. The molecule has 0 aliphatic heterocycles. The third kappa shape index (κ3) is 9.73. The van der Waals surface area contributed by atoms with Gasteiger partial charge in [0.1, 0.15) is 12.4 Å². The number of unbranched alkanes of at least 4 members (excludes halogenated alkanes) is 2. The maximum Gasteiger partial charge on any atom is 0.335 e. The molecular formula is C31H50N2O5. The summed E-state index contributed by atoms with van der Waals surface area (Å²) in [6, 6.07) is 0. The molecule has 1 heterocycles. The number of hydrogen-bond donors (Lipinski definition) is 2. The standard InChI is InChI=1S/C31H50N2O5/c1-3-4-5-7-24-8-10-25(11-9-24)26-12-14-27(15-13-26)28-18-32-30(33-19-28)29(21-37-17-6-16-34)22-38-31(36)23(2)20-35/h18-19,24-27,29,34-35H,2-17,20-22H2,1H3. The van der Waals surface area contributed by atoms with Crippen LogP contribution in [0.3, 0.4) is 0 Å². The van der Waals surface area contributed by atoms with Crippen molar-refractivity contribution in [1.82, 2.24) is 9.97 Å². The fourth-order valence-electron chi connectivity index (χ4n) is 6.26. The summed E-state index contributed by atoms with van der Waals surface area (Å²) in [6.07, 6.45) is 20.8. The zero-order valence-corrected chi connectivity index (χ0v) is 23.5. The van der Waals surface area contributed by atoms with Crippen molar-refractivity contribution in [3.05, 3.63) is 35.9 Å². The van der Waals surface area contributed by atoms with E-state index >= 15 is 0 Å². The third-order valence-corrected chi connectivity index (χ3v) is 8.74. The molecule has 3 rings (SSSR count). The van der Waals surface area contributed by atoms with Gasteiger partial charge in [-0.1, -0.05) is 52.0 Å². The monoisotopic (exact) mass is 530 g/mol. The van der Waals surface area contributed by atoms with Crippen molar-refractivity contribution in [2.45, 2.75) is 102 Å². The molecule has 0 saturated heterocycles. The van der Waals surface area contributed by atoms with Crippen LogP contribution in [0.25, 0.3) is 0 Å². The molecule has 1 aromatic rings. The fourth-order valence-corrected chi connectivity index (χ4v) is 6.26. The molecular weight excluding hydrogens is 480 g/mol. The Morgan fingerprint density at radius 3 is 2.24 bits per heavy atom. The van der Waals surface area contributed by atoms with Gasteiger partial charge in [-0.15, -0.1) is 0 Å². The van der Waals surface area contributed by atoms with Crippen LogP contribution in [0.2, 0.25) is 0 Å². The van der Waals surface area contributed by atoms with Crippen LogP contribution in [0.1, 0.15) is 114 Å². The molecule has 0 bridgehead atoms. The smallest absolute Gasteiger partial charge is 0.335 e. The van der Waals surface area contributed by atoms with E-state index in [4.69, 9.17) is 19.7 Å². The molecule has 0 radical (unpaired) electrons. The van der Waals surface area contributed by atoms with Gasteiger partial charge in [0.2, 0.25) is 0 Å². The lowest BCUT2D eigenvalue weighted by molar-refractivity contribution is -0.140. The highest BCUT2D eigenvalue weighted by atomic mass is 16.5. The number of ether oxygens (including phenoxy) is 2. The number of carbonyl (C=O) groups is 1. The van der Waals surface area contributed by atoms with Crippen molar-refractivity contribution < 1.29 is 24.5 Å². The predicted octanol–water partition coefficient (Wildman–Crippen LogP) is 5.71. The van der Waals surface area contributed by atoms with E-state index in [1.54, 1.807) is 0 Å². The van der Waals surface area contributed by atoms with E-state index in [0.717, 1.165) is 17.8 Å². The second-order valence-corrected chi connectivity index (χ2v) is 11.5. The molecule has 2 fully saturated rings. The predicted molar refractivity (Wildman–Crippen MR) is 149 cm³/mol. The van der Waals surface area contributed by atoms with E-state index < -0.39 is 12.6 Å². The van der Waals surface area contributed by atoms with Gasteiger partial charge in [-0.2, -0.15) is 0 Å². The molecule has 2 aliphatic rings. The average molecular weight is 531 g/mol. The molecule has 0 aromatic carbocycles. The van der Waals surface area contributed by atoms with Crippen LogP contribution in [-0.2, 0) is 14.3 Å². The maximum absolute atomic E-state index is 12.0. The Bertz CT molecular complexity index is 814. The summed E-state index contributed by atoms with van der Waals surface area (Å²) in [5.41, 5.74) is 1.20. The Labute approximate surface area is 229 Å². The van der Waals surface area contributed by atoms with Crippen molar-refractivity contribution in [3.8, 4) is 0 Å². The Morgan fingerprint density at radius 1 is 0.974 bits per heavy atom. The highest BCUT2D eigenvalue weighted by Crippen LogP contribution is 2.44. The molecule has 2 saturated carbocycles. The highest BCUT2D eigenvalue weighted by Gasteiger charge is 2.31. The Balaban J connectivity index is 1.48. The number of esters is 1. The van der Waals surface area contributed by atoms with E-state index in [0.29, 0.717) is 24.8 Å². The molecule has 214 valence electrons. The first-order valence-electron chi connectivity index (χ1n) is 15.0. The third-order valence-electron chi connectivity index (χ3n) is 8.74. The summed E-state index contributed by atoms with van der Waals surface area (Å²) >= 11 is 0. The zero-order chi connectivity index (χ0) is 27.2. The van der Waals surface area contributed by atoms with Gasteiger partial charge >= 0.3 is 5.97 Å². The van der Waals surface area contributed by atoms with E-state index in [9.17, 15) is 4.79 Å². The van der Waals surface area contributed by atoms with Crippen molar-refractivity contribution in [3.63, 3.8) is 0 Å². The van der Waals surface area contributed by atoms with E-state index in [2.05, 4.69) is 23.5 Å². The largest absolute Gasteiger partial charge is 0.461 e. The van der Waals surface area contributed by atoms with Crippen molar-refractivity contribution in [2.75, 3.05) is 33.0 Å². The van der Waals surface area contributed by atoms with Crippen LogP contribution < -0.4 is 0 Å². The number of aromatic nitrogens is 2. The average Bonchev–Trinajstić information content (AvgIpc) is 2.97. The summed E-state index contributed by atoms with van der Waals surface area (Å²) in [6.45, 7) is 6.16. The molecule has 1 atom stereocenters. The van der Waals surface area contributed by atoms with Gasteiger partial charge in [0.25, 0.3) is 0 Å². The fraction of sp³-hybridized carbons (Fsp3) is 0.774. The minimum Gasteiger partial charge on any atom is -0.461 e. The van der Waals surface area contributed by atoms with Crippen LogP contribution in [0, 0.1) is 17.8 Å². The van der Waals surface area contributed by atoms with E-state index in [1.807, 2.05) is 12.4 Å². The Hall–Kier alpha value is -1.83. The first-order chi connectivity index (χ1) is 18.5. The van der Waals surface area contributed by atoms with E-state index in [1.165, 1.54) is 82.6 Å². The van der Waals surface area contributed by atoms with Crippen LogP contribution in [0.4, 0.5) is 0 Å². The second-order valence-electron chi connectivity index (χ2n) is 11.5. The maximum atomic E-state index is 12.0. The van der Waals surface area contributed by atoms with Crippen LogP contribution in [-0.4, -0.2) is 59.2 Å². The molecule has 7 nitrogen and oxygen atoms in total. The molecule has 1 unspecified atom stereocenters. The summed E-state index contributed by atoms with van der Waals surface area (Å²) in [5, 5.41) is 18.1. The van der Waals surface area contributed by atoms with Crippen molar-refractivity contribution in [2.24, 2.45) is 17.8 Å². The van der Waals surface area contributed by atoms with Gasteiger partial charge < -0.3 is 19.7 Å². The SMILES string of the molecule is C=C(CO)C(=O)OCC(COCCCO)c1ncc(C2CCC(C3CCC(CCCCC)CC3)CC2)cn1. The summed E-state index contributed by atoms with van der Waals surface area (Å²) in [7, 11) is 0. The molecule has 38 heavy (non-hydrogen) atoms. The summed E-state index contributed by atoms with van der Waals surface area (Å²) in [5.74, 6) is 2.91. The number of carbonyl (C=O) groups excluding carboxylic acids is 1. The van der Waals surface area contributed by atoms with Gasteiger partial charge in [-0.25, -0.2) is 14.8 Å². The number of aliphatic hydroxyl groups excluding tert-OH is 2. The molecule has 0 spiro atoms. The summed E-state index contributed by atoms with van der Waals surface area (Å²) in [4.78, 5) is 21.2. The lowest BCUT2D eigenvalue weighted by Gasteiger charge is -2.38. The zero-order valence-electron chi connectivity index (χ0n) is 23.5. The number of aliphatic hydroxyl groups is 2. The quantitative estimate of drug-likeness (QED) is 0.160. The normalized spacial score (nSPS) is 24.6. The van der Waals surface area contributed by atoms with Crippen LogP contribution in [0.5, 0.6) is 0 Å². The minimum atomic E-state index is -0.633. The van der Waals surface area contributed by atoms with Gasteiger partial charge in [0.15, 0.2) is 0 Å². The summed E-state index contributed by atoms with van der Waals surface area (Å²) < 4.78 is 11.0. The van der Waals surface area contributed by atoms with Crippen LogP contribution in [0.15, 0.2) is 24.5 Å². The Kier molecular flexibility index (Phi) is 13.7. The lowest BCUT2D eigenvalue weighted by Crippen LogP contribution is -2.25. The molecule has 2 N–H and O–H groups in total. The first kappa shape index (κ1) is 30.7. The molecule has 2 aliphatic carbocycles. The number of rotatable bonds is 16. The number of nitrogens with zero attached hydrogens (tertiary/aromatic N) is 2.